The molecule has 2 aliphatic carbocycles. The summed E-state index contributed by atoms with van der Waals surface area (Å²) < 4.78 is 6.09. The van der Waals surface area contributed by atoms with Crippen LogP contribution in [0.25, 0.3) is 0 Å². The Kier molecular flexibility index (Phi) is 11.3. The van der Waals surface area contributed by atoms with Gasteiger partial charge in [-0.3, -0.25) is 0 Å². The number of unbranched alkanes of at least 4 members (excludes halogenated alkanes) is 2. The maximum atomic E-state index is 6.09. The van der Waals surface area contributed by atoms with Crippen LogP contribution in [0.5, 0.6) is 5.75 Å². The van der Waals surface area contributed by atoms with Crippen LogP contribution in [0, 0.1) is 35.5 Å². The first-order chi connectivity index (χ1) is 15.8. The van der Waals surface area contributed by atoms with Crippen molar-refractivity contribution >= 4 is 0 Å². The molecule has 1 aromatic carbocycles. The summed E-state index contributed by atoms with van der Waals surface area (Å²) in [5.41, 5.74) is 1.42. The highest BCUT2D eigenvalue weighted by Crippen LogP contribution is 2.32. The van der Waals surface area contributed by atoms with Crippen molar-refractivity contribution in [2.45, 2.75) is 104 Å². The molecule has 176 valence electrons. The Morgan fingerprint density at radius 2 is 1.53 bits per heavy atom. The quantitative estimate of drug-likeness (QED) is 0.334. The van der Waals surface area contributed by atoms with E-state index in [4.69, 9.17) is 4.74 Å². The largest absolute Gasteiger partial charge is 0.493 e. The molecular formula is C31H46O. The van der Waals surface area contributed by atoms with Crippen LogP contribution in [0.1, 0.15) is 103 Å². The zero-order valence-electron chi connectivity index (χ0n) is 20.8. The minimum atomic E-state index is 0.582. The van der Waals surface area contributed by atoms with Gasteiger partial charge in [-0.2, -0.15) is 0 Å². The van der Waals surface area contributed by atoms with Crippen molar-refractivity contribution < 1.29 is 4.74 Å². The average molecular weight is 435 g/mol. The van der Waals surface area contributed by atoms with Crippen LogP contribution < -0.4 is 4.74 Å². The lowest BCUT2D eigenvalue weighted by atomic mass is 9.80. The molecule has 0 bridgehead atoms. The van der Waals surface area contributed by atoms with E-state index in [1.54, 1.807) is 0 Å². The second kappa shape index (κ2) is 14.5. The number of benzene rings is 1. The SMILES string of the molecule is CCCCc1ccc(OCC2CCC(C#CC=CC3CCC(CCCC)CC3)CC2)cc1. The minimum Gasteiger partial charge on any atom is -0.493 e. The zero-order valence-corrected chi connectivity index (χ0v) is 20.8. The van der Waals surface area contributed by atoms with Gasteiger partial charge >= 0.3 is 0 Å². The van der Waals surface area contributed by atoms with Crippen molar-refractivity contribution in [3.63, 3.8) is 0 Å². The first-order valence-corrected chi connectivity index (χ1v) is 13.7. The molecule has 1 aromatic rings. The number of ether oxygens (including phenoxy) is 1. The fourth-order valence-electron chi connectivity index (χ4n) is 5.33. The Morgan fingerprint density at radius 3 is 2.22 bits per heavy atom. The second-order valence-electron chi connectivity index (χ2n) is 10.3. The van der Waals surface area contributed by atoms with Gasteiger partial charge in [-0.05, 0) is 106 Å². The Balaban J connectivity index is 1.29. The van der Waals surface area contributed by atoms with Crippen LogP contribution in [-0.2, 0) is 6.42 Å². The first kappa shape index (κ1) is 25.0. The molecule has 3 rings (SSSR count). The lowest BCUT2D eigenvalue weighted by Crippen LogP contribution is -2.19. The van der Waals surface area contributed by atoms with Gasteiger partial charge in [0.25, 0.3) is 0 Å². The molecule has 0 radical (unpaired) electrons. The molecule has 1 nitrogen and oxygen atoms in total. The fourth-order valence-corrected chi connectivity index (χ4v) is 5.33. The molecule has 0 aliphatic heterocycles. The molecule has 32 heavy (non-hydrogen) atoms. The van der Waals surface area contributed by atoms with Crippen LogP contribution in [-0.4, -0.2) is 6.61 Å². The van der Waals surface area contributed by atoms with E-state index >= 15 is 0 Å². The van der Waals surface area contributed by atoms with Gasteiger partial charge in [0.15, 0.2) is 0 Å². The van der Waals surface area contributed by atoms with Gasteiger partial charge in [0.05, 0.1) is 6.61 Å². The van der Waals surface area contributed by atoms with Crippen molar-refractivity contribution in [2.24, 2.45) is 23.7 Å². The van der Waals surface area contributed by atoms with E-state index in [0.717, 1.165) is 24.2 Å². The summed E-state index contributed by atoms with van der Waals surface area (Å²) in [6.45, 7) is 5.41. The lowest BCUT2D eigenvalue weighted by molar-refractivity contribution is 0.196. The van der Waals surface area contributed by atoms with Crippen molar-refractivity contribution in [1.82, 2.24) is 0 Å². The van der Waals surface area contributed by atoms with E-state index in [-0.39, 0.29) is 0 Å². The topological polar surface area (TPSA) is 9.23 Å². The number of allylic oxidation sites excluding steroid dienone is 2. The number of rotatable bonds is 10. The van der Waals surface area contributed by atoms with Crippen molar-refractivity contribution in [1.29, 1.82) is 0 Å². The normalized spacial score (nSPS) is 25.9. The third kappa shape index (κ3) is 9.05. The molecule has 2 saturated carbocycles. The number of hydrogen-bond acceptors (Lipinski definition) is 1. The summed E-state index contributed by atoms with van der Waals surface area (Å²) in [7, 11) is 0. The van der Waals surface area contributed by atoms with Gasteiger partial charge in [0.1, 0.15) is 5.75 Å². The first-order valence-electron chi connectivity index (χ1n) is 13.7. The molecule has 2 fully saturated rings. The van der Waals surface area contributed by atoms with Crippen molar-refractivity contribution in [3.05, 3.63) is 42.0 Å². The summed E-state index contributed by atoms with van der Waals surface area (Å²) in [5.74, 6) is 11.0. The van der Waals surface area contributed by atoms with Crippen LogP contribution in [0.2, 0.25) is 0 Å². The number of aryl methyl sites for hydroxylation is 1. The molecule has 0 heterocycles. The standard InChI is InChI=1S/C31H46O/c1-3-5-9-26-13-15-28(16-14-26)11-7-8-12-29-17-19-30(20-18-29)25-32-31-23-21-27(22-24-31)10-6-4-2/h7,11,21-24,26,28-30H,3-6,9-10,13-20,25H2,1-2H3. The fraction of sp³-hybridized carbons (Fsp3) is 0.677. The van der Waals surface area contributed by atoms with Gasteiger partial charge in [0, 0.05) is 5.92 Å². The summed E-state index contributed by atoms with van der Waals surface area (Å²) in [6.07, 6.45) is 23.0. The Morgan fingerprint density at radius 1 is 0.844 bits per heavy atom. The molecule has 0 aromatic heterocycles. The highest BCUT2D eigenvalue weighted by molar-refractivity contribution is 5.27. The maximum absolute atomic E-state index is 6.09. The Bertz CT molecular complexity index is 703. The van der Waals surface area contributed by atoms with Crippen LogP contribution in [0.3, 0.4) is 0 Å². The summed E-state index contributed by atoms with van der Waals surface area (Å²) in [6, 6.07) is 8.74. The van der Waals surface area contributed by atoms with E-state index in [0.29, 0.717) is 11.8 Å². The van der Waals surface area contributed by atoms with Gasteiger partial charge in [-0.15, -0.1) is 0 Å². The monoisotopic (exact) mass is 434 g/mol. The predicted molar refractivity (Wildman–Crippen MR) is 138 cm³/mol. The van der Waals surface area contributed by atoms with Crippen LogP contribution in [0.4, 0.5) is 0 Å². The zero-order chi connectivity index (χ0) is 22.4. The van der Waals surface area contributed by atoms with Crippen LogP contribution in [0.15, 0.2) is 36.4 Å². The molecule has 0 spiro atoms. The third-order valence-electron chi connectivity index (χ3n) is 7.67. The van der Waals surface area contributed by atoms with E-state index in [1.807, 2.05) is 0 Å². The molecule has 0 amide bonds. The summed E-state index contributed by atoms with van der Waals surface area (Å²) >= 11 is 0. The van der Waals surface area contributed by atoms with Gasteiger partial charge in [-0.25, -0.2) is 0 Å². The predicted octanol–water partition coefficient (Wildman–Crippen LogP) is 8.77. The van der Waals surface area contributed by atoms with Gasteiger partial charge < -0.3 is 4.74 Å². The maximum Gasteiger partial charge on any atom is 0.119 e. The molecule has 0 atom stereocenters. The summed E-state index contributed by atoms with van der Waals surface area (Å²) in [4.78, 5) is 0. The second-order valence-corrected chi connectivity index (χ2v) is 10.3. The molecule has 1 heteroatoms. The number of hydrogen-bond donors (Lipinski definition) is 0. The third-order valence-corrected chi connectivity index (χ3v) is 7.67. The lowest BCUT2D eigenvalue weighted by Gasteiger charge is -2.26. The molecule has 0 unspecified atom stereocenters. The molecule has 2 aliphatic rings. The van der Waals surface area contributed by atoms with Crippen molar-refractivity contribution in [3.8, 4) is 17.6 Å². The van der Waals surface area contributed by atoms with E-state index < -0.39 is 0 Å². The smallest absolute Gasteiger partial charge is 0.119 e. The van der Waals surface area contributed by atoms with Gasteiger partial charge in [-0.1, -0.05) is 69.6 Å². The van der Waals surface area contributed by atoms with E-state index in [2.05, 4.69) is 62.1 Å². The Hall–Kier alpha value is -1.68. The highest BCUT2D eigenvalue weighted by Gasteiger charge is 2.21. The molecule has 0 saturated heterocycles. The summed E-state index contributed by atoms with van der Waals surface area (Å²) in [5, 5.41) is 0. The van der Waals surface area contributed by atoms with E-state index in [1.165, 1.54) is 95.5 Å². The van der Waals surface area contributed by atoms with E-state index in [9.17, 15) is 0 Å². The molecule has 0 N–H and O–H groups in total. The van der Waals surface area contributed by atoms with Crippen molar-refractivity contribution in [2.75, 3.05) is 6.61 Å². The van der Waals surface area contributed by atoms with Crippen LogP contribution >= 0.6 is 0 Å². The molecular weight excluding hydrogens is 388 g/mol. The Labute approximate surface area is 198 Å². The minimum absolute atomic E-state index is 0.582. The van der Waals surface area contributed by atoms with Gasteiger partial charge in [0.2, 0.25) is 0 Å². The highest BCUT2D eigenvalue weighted by atomic mass is 16.5. The average Bonchev–Trinajstić information content (AvgIpc) is 2.85.